The molecular weight excluding hydrogens is 228 g/mol. The standard InChI is InChI=1S/C14H18N2O2/c1-2-10-5-3-4-6-12(10)16-14(18)11-7-8-13(17)15-9-11/h3-6,11H,2,7-9H2,1H3,(H,15,17)(H,16,18). The van der Waals surface area contributed by atoms with E-state index in [0.717, 1.165) is 17.7 Å². The van der Waals surface area contributed by atoms with Gasteiger partial charge in [0.2, 0.25) is 11.8 Å². The van der Waals surface area contributed by atoms with Crippen LogP contribution in [0.5, 0.6) is 0 Å². The van der Waals surface area contributed by atoms with Gasteiger partial charge in [-0.25, -0.2) is 0 Å². The van der Waals surface area contributed by atoms with Gasteiger partial charge < -0.3 is 10.6 Å². The molecule has 1 aromatic carbocycles. The second kappa shape index (κ2) is 5.67. The van der Waals surface area contributed by atoms with Crippen LogP contribution < -0.4 is 10.6 Å². The summed E-state index contributed by atoms with van der Waals surface area (Å²) in [6.07, 6.45) is 1.96. The van der Waals surface area contributed by atoms with Crippen LogP contribution in [0.4, 0.5) is 5.69 Å². The Bertz CT molecular complexity index is 447. The molecule has 4 heteroatoms. The molecule has 0 radical (unpaired) electrons. The molecule has 18 heavy (non-hydrogen) atoms. The average Bonchev–Trinajstić information content (AvgIpc) is 2.40. The van der Waals surface area contributed by atoms with Gasteiger partial charge in [0.25, 0.3) is 0 Å². The van der Waals surface area contributed by atoms with E-state index in [9.17, 15) is 9.59 Å². The molecule has 2 rings (SSSR count). The van der Waals surface area contributed by atoms with Crippen molar-refractivity contribution in [1.82, 2.24) is 5.32 Å². The van der Waals surface area contributed by atoms with Gasteiger partial charge in [-0.3, -0.25) is 9.59 Å². The summed E-state index contributed by atoms with van der Waals surface area (Å²) in [7, 11) is 0. The van der Waals surface area contributed by atoms with Crippen molar-refractivity contribution in [1.29, 1.82) is 0 Å². The molecule has 2 amide bonds. The number of para-hydroxylation sites is 1. The molecule has 1 aliphatic heterocycles. The lowest BCUT2D eigenvalue weighted by atomic mass is 9.98. The van der Waals surface area contributed by atoms with E-state index in [1.807, 2.05) is 24.3 Å². The number of amides is 2. The molecule has 1 atom stereocenters. The second-order valence-corrected chi connectivity index (χ2v) is 4.54. The summed E-state index contributed by atoms with van der Waals surface area (Å²) in [5.74, 6) is -0.0866. The first-order chi connectivity index (χ1) is 8.70. The number of hydrogen-bond acceptors (Lipinski definition) is 2. The zero-order chi connectivity index (χ0) is 13.0. The Morgan fingerprint density at radius 1 is 1.44 bits per heavy atom. The first-order valence-corrected chi connectivity index (χ1v) is 6.36. The third-order valence-corrected chi connectivity index (χ3v) is 3.29. The fourth-order valence-electron chi connectivity index (χ4n) is 2.14. The first-order valence-electron chi connectivity index (χ1n) is 6.36. The lowest BCUT2D eigenvalue weighted by molar-refractivity contribution is -0.126. The van der Waals surface area contributed by atoms with Crippen LogP contribution in [0.25, 0.3) is 0 Å². The highest BCUT2D eigenvalue weighted by atomic mass is 16.2. The third-order valence-electron chi connectivity index (χ3n) is 3.29. The van der Waals surface area contributed by atoms with E-state index in [4.69, 9.17) is 0 Å². The van der Waals surface area contributed by atoms with Gasteiger partial charge in [0.15, 0.2) is 0 Å². The monoisotopic (exact) mass is 246 g/mol. The van der Waals surface area contributed by atoms with Crippen molar-refractivity contribution in [3.8, 4) is 0 Å². The predicted molar refractivity (Wildman–Crippen MR) is 70.2 cm³/mol. The number of carbonyl (C=O) groups excluding carboxylic acids is 2. The number of piperidine rings is 1. The van der Waals surface area contributed by atoms with Gasteiger partial charge >= 0.3 is 0 Å². The van der Waals surface area contributed by atoms with Crippen LogP contribution in [0.1, 0.15) is 25.3 Å². The van der Waals surface area contributed by atoms with Gasteiger partial charge in [0.05, 0.1) is 5.92 Å². The van der Waals surface area contributed by atoms with Gasteiger partial charge in [-0.05, 0) is 24.5 Å². The molecule has 0 bridgehead atoms. The summed E-state index contributed by atoms with van der Waals surface area (Å²) < 4.78 is 0. The van der Waals surface area contributed by atoms with E-state index in [-0.39, 0.29) is 17.7 Å². The summed E-state index contributed by atoms with van der Waals surface area (Å²) in [6, 6.07) is 7.81. The lowest BCUT2D eigenvalue weighted by Gasteiger charge is -2.22. The highest BCUT2D eigenvalue weighted by molar-refractivity contribution is 5.94. The van der Waals surface area contributed by atoms with E-state index in [2.05, 4.69) is 17.6 Å². The molecule has 1 unspecified atom stereocenters. The normalized spacial score (nSPS) is 19.2. The second-order valence-electron chi connectivity index (χ2n) is 4.54. The molecule has 1 aliphatic rings. The maximum Gasteiger partial charge on any atom is 0.229 e. The summed E-state index contributed by atoms with van der Waals surface area (Å²) in [5.41, 5.74) is 2.01. The first kappa shape index (κ1) is 12.6. The SMILES string of the molecule is CCc1ccccc1NC(=O)C1CCC(=O)NC1. The zero-order valence-electron chi connectivity index (χ0n) is 10.5. The predicted octanol–water partition coefficient (Wildman–Crippen LogP) is 1.71. The molecule has 1 fully saturated rings. The van der Waals surface area contributed by atoms with Gasteiger partial charge in [-0.2, -0.15) is 0 Å². The number of benzene rings is 1. The summed E-state index contributed by atoms with van der Waals surface area (Å²) in [5, 5.41) is 5.68. The van der Waals surface area contributed by atoms with Crippen LogP contribution in [0.3, 0.4) is 0 Å². The fourth-order valence-corrected chi connectivity index (χ4v) is 2.14. The van der Waals surface area contributed by atoms with Gasteiger partial charge in [-0.15, -0.1) is 0 Å². The maximum absolute atomic E-state index is 12.1. The topological polar surface area (TPSA) is 58.2 Å². The Labute approximate surface area is 107 Å². The molecule has 2 N–H and O–H groups in total. The molecule has 1 aromatic rings. The van der Waals surface area contributed by atoms with Crippen molar-refractivity contribution < 1.29 is 9.59 Å². The van der Waals surface area contributed by atoms with Crippen molar-refractivity contribution in [2.45, 2.75) is 26.2 Å². The van der Waals surface area contributed by atoms with E-state index < -0.39 is 0 Å². The number of anilines is 1. The minimum atomic E-state index is -0.118. The van der Waals surface area contributed by atoms with Crippen molar-refractivity contribution >= 4 is 17.5 Å². The van der Waals surface area contributed by atoms with Crippen LogP contribution in [0, 0.1) is 5.92 Å². The largest absolute Gasteiger partial charge is 0.355 e. The Morgan fingerprint density at radius 3 is 2.89 bits per heavy atom. The number of rotatable bonds is 3. The molecule has 4 nitrogen and oxygen atoms in total. The van der Waals surface area contributed by atoms with Gasteiger partial charge in [-0.1, -0.05) is 25.1 Å². The van der Waals surface area contributed by atoms with Crippen molar-refractivity contribution in [3.63, 3.8) is 0 Å². The fraction of sp³-hybridized carbons (Fsp3) is 0.429. The maximum atomic E-state index is 12.1. The van der Waals surface area contributed by atoms with Crippen molar-refractivity contribution in [2.75, 3.05) is 11.9 Å². The molecule has 0 aliphatic carbocycles. The third kappa shape index (κ3) is 2.88. The Balaban J connectivity index is 2.00. The minimum Gasteiger partial charge on any atom is -0.355 e. The van der Waals surface area contributed by atoms with E-state index in [0.29, 0.717) is 19.4 Å². The Kier molecular flexibility index (Phi) is 3.97. The molecule has 0 spiro atoms. The number of carbonyl (C=O) groups is 2. The number of nitrogens with one attached hydrogen (secondary N) is 2. The van der Waals surface area contributed by atoms with Crippen LogP contribution in [-0.2, 0) is 16.0 Å². The zero-order valence-corrected chi connectivity index (χ0v) is 10.5. The Hall–Kier alpha value is -1.84. The molecule has 0 aromatic heterocycles. The average molecular weight is 246 g/mol. The van der Waals surface area contributed by atoms with Crippen LogP contribution >= 0.6 is 0 Å². The number of aryl methyl sites for hydroxylation is 1. The molecule has 1 saturated heterocycles. The molecule has 1 heterocycles. The molecule has 96 valence electrons. The molecular formula is C14H18N2O2. The quantitative estimate of drug-likeness (QED) is 0.853. The van der Waals surface area contributed by atoms with Crippen LogP contribution in [0.2, 0.25) is 0 Å². The highest BCUT2D eigenvalue weighted by Crippen LogP contribution is 2.18. The smallest absolute Gasteiger partial charge is 0.229 e. The highest BCUT2D eigenvalue weighted by Gasteiger charge is 2.24. The molecule has 0 saturated carbocycles. The summed E-state index contributed by atoms with van der Waals surface area (Å²) >= 11 is 0. The number of hydrogen-bond donors (Lipinski definition) is 2. The summed E-state index contributed by atoms with van der Waals surface area (Å²) in [6.45, 7) is 2.50. The van der Waals surface area contributed by atoms with E-state index in [1.165, 1.54) is 0 Å². The van der Waals surface area contributed by atoms with E-state index >= 15 is 0 Å². The lowest BCUT2D eigenvalue weighted by Crippen LogP contribution is -2.40. The van der Waals surface area contributed by atoms with Crippen molar-refractivity contribution in [3.05, 3.63) is 29.8 Å². The van der Waals surface area contributed by atoms with E-state index in [1.54, 1.807) is 0 Å². The van der Waals surface area contributed by atoms with Gasteiger partial charge in [0.1, 0.15) is 0 Å². The van der Waals surface area contributed by atoms with Crippen LogP contribution in [0.15, 0.2) is 24.3 Å². The van der Waals surface area contributed by atoms with Gasteiger partial charge in [0, 0.05) is 18.7 Å². The summed E-state index contributed by atoms with van der Waals surface area (Å²) in [4.78, 5) is 23.1. The van der Waals surface area contributed by atoms with Crippen LogP contribution in [-0.4, -0.2) is 18.4 Å². The minimum absolute atomic E-state index is 0.00380. The Morgan fingerprint density at radius 2 is 2.22 bits per heavy atom. The van der Waals surface area contributed by atoms with Crippen molar-refractivity contribution in [2.24, 2.45) is 5.92 Å².